The van der Waals surface area contributed by atoms with E-state index in [1.807, 2.05) is 36.4 Å². The molecule has 0 spiro atoms. The lowest BCUT2D eigenvalue weighted by molar-refractivity contribution is -0.276. The van der Waals surface area contributed by atoms with Crippen LogP contribution in [0, 0.1) is 5.92 Å². The Morgan fingerprint density at radius 3 is 2.34 bits per heavy atom. The van der Waals surface area contributed by atoms with Crippen LogP contribution in [-0.2, 0) is 26.1 Å². The van der Waals surface area contributed by atoms with Crippen LogP contribution >= 0.6 is 0 Å². The third kappa shape index (κ3) is 6.27. The van der Waals surface area contributed by atoms with Gasteiger partial charge in [-0.05, 0) is 61.3 Å². The van der Waals surface area contributed by atoms with Crippen LogP contribution in [0.4, 0.5) is 5.69 Å². The lowest BCUT2D eigenvalue weighted by atomic mass is 9.89. The summed E-state index contributed by atoms with van der Waals surface area (Å²) in [5, 5.41) is 9.48. The molecule has 4 atom stereocenters. The molecular formula is C30H36N2O5S. The Labute approximate surface area is 225 Å². The van der Waals surface area contributed by atoms with Gasteiger partial charge < -0.3 is 19.5 Å². The van der Waals surface area contributed by atoms with Gasteiger partial charge in [0.15, 0.2) is 6.29 Å². The first-order valence-corrected chi connectivity index (χ1v) is 14.8. The van der Waals surface area contributed by atoms with Crippen LogP contribution in [0.25, 0.3) is 0 Å². The number of likely N-dealkylation sites (tertiary alicyclic amines) is 1. The molecule has 7 nitrogen and oxygen atoms in total. The van der Waals surface area contributed by atoms with Crippen LogP contribution in [0.15, 0.2) is 83.8 Å². The maximum Gasteiger partial charge on any atom is 0.261 e. The molecule has 2 heterocycles. The number of anilines is 1. The van der Waals surface area contributed by atoms with Crippen molar-refractivity contribution in [2.24, 2.45) is 5.92 Å². The highest BCUT2D eigenvalue weighted by molar-refractivity contribution is 7.92. The smallest absolute Gasteiger partial charge is 0.261 e. The fourth-order valence-electron chi connectivity index (χ4n) is 5.29. The molecule has 0 bridgehead atoms. The molecule has 3 aromatic rings. The summed E-state index contributed by atoms with van der Waals surface area (Å²) in [6, 6.07) is 23.4. The molecular weight excluding hydrogens is 500 g/mol. The molecule has 2 N–H and O–H groups in total. The van der Waals surface area contributed by atoms with Crippen molar-refractivity contribution < 1.29 is 23.0 Å². The molecule has 2 saturated heterocycles. The highest BCUT2D eigenvalue weighted by Gasteiger charge is 2.39. The summed E-state index contributed by atoms with van der Waals surface area (Å²) in [6.07, 6.45) is 2.77. The van der Waals surface area contributed by atoms with Crippen LogP contribution in [0.5, 0.6) is 0 Å². The lowest BCUT2D eigenvalue weighted by Crippen LogP contribution is -2.45. The number of ether oxygens (including phenoxy) is 2. The predicted molar refractivity (Wildman–Crippen MR) is 147 cm³/mol. The van der Waals surface area contributed by atoms with Crippen molar-refractivity contribution >= 4 is 15.7 Å². The van der Waals surface area contributed by atoms with E-state index in [0.717, 1.165) is 36.3 Å². The van der Waals surface area contributed by atoms with Crippen LogP contribution in [-0.4, -0.2) is 44.2 Å². The Kier molecular flexibility index (Phi) is 8.45. The van der Waals surface area contributed by atoms with Gasteiger partial charge in [-0.25, -0.2) is 8.42 Å². The summed E-state index contributed by atoms with van der Waals surface area (Å²) in [7, 11) is -3.72. The zero-order valence-corrected chi connectivity index (χ0v) is 22.5. The number of aliphatic hydroxyl groups is 1. The topological polar surface area (TPSA) is 88.1 Å². The van der Waals surface area contributed by atoms with E-state index < -0.39 is 16.3 Å². The van der Waals surface area contributed by atoms with E-state index in [0.29, 0.717) is 5.69 Å². The Hall–Kier alpha value is -2.75. The van der Waals surface area contributed by atoms with Gasteiger partial charge in [0.1, 0.15) is 0 Å². The highest BCUT2D eigenvalue weighted by atomic mass is 32.2. The molecule has 0 saturated carbocycles. The van der Waals surface area contributed by atoms with Crippen molar-refractivity contribution in [3.05, 3.63) is 95.6 Å². The summed E-state index contributed by atoms with van der Waals surface area (Å²) in [6.45, 7) is 5.14. The third-order valence-corrected chi connectivity index (χ3v) is 8.87. The van der Waals surface area contributed by atoms with E-state index in [1.165, 1.54) is 19.3 Å². The Morgan fingerprint density at radius 2 is 1.63 bits per heavy atom. The van der Waals surface area contributed by atoms with E-state index in [-0.39, 0.29) is 29.6 Å². The first-order valence-electron chi connectivity index (χ1n) is 13.3. The molecule has 3 aromatic carbocycles. The Balaban J connectivity index is 1.40. The zero-order chi connectivity index (χ0) is 26.5. The minimum atomic E-state index is -3.72. The predicted octanol–water partition coefficient (Wildman–Crippen LogP) is 5.26. The van der Waals surface area contributed by atoms with E-state index in [4.69, 9.17) is 9.47 Å². The van der Waals surface area contributed by atoms with E-state index in [1.54, 1.807) is 42.5 Å². The molecule has 0 unspecified atom stereocenters. The fourth-order valence-corrected chi connectivity index (χ4v) is 6.36. The molecule has 2 fully saturated rings. The van der Waals surface area contributed by atoms with Crippen LogP contribution in [0.1, 0.15) is 55.3 Å². The number of sulfonamides is 1. The average molecular weight is 537 g/mol. The van der Waals surface area contributed by atoms with E-state index in [9.17, 15) is 13.5 Å². The SMILES string of the molecule is C[C@@H]1[C@H](CN2CCCCC2)O[C@H](c2cccc(NS(=O)(=O)c3ccccc3)c2)O[C@@H]1c1ccc(CO)cc1. The van der Waals surface area contributed by atoms with Gasteiger partial charge in [-0.3, -0.25) is 4.72 Å². The second-order valence-electron chi connectivity index (χ2n) is 10.2. The molecule has 2 aliphatic heterocycles. The van der Waals surface area contributed by atoms with Crippen molar-refractivity contribution in [2.45, 2.75) is 56.2 Å². The Morgan fingerprint density at radius 1 is 0.895 bits per heavy atom. The van der Waals surface area contributed by atoms with Gasteiger partial charge in [-0.15, -0.1) is 0 Å². The minimum absolute atomic E-state index is 0.00361. The molecule has 8 heteroatoms. The van der Waals surface area contributed by atoms with Crippen molar-refractivity contribution in [3.63, 3.8) is 0 Å². The largest absolute Gasteiger partial charge is 0.392 e. The van der Waals surface area contributed by atoms with Gasteiger partial charge in [0.2, 0.25) is 0 Å². The molecule has 0 amide bonds. The summed E-state index contributed by atoms with van der Waals surface area (Å²) in [4.78, 5) is 2.68. The number of nitrogens with one attached hydrogen (secondary N) is 1. The maximum absolute atomic E-state index is 12.9. The Bertz CT molecular complexity index is 1290. The van der Waals surface area contributed by atoms with Gasteiger partial charge in [-0.2, -0.15) is 0 Å². The summed E-state index contributed by atoms with van der Waals surface area (Å²) >= 11 is 0. The number of hydrogen-bond acceptors (Lipinski definition) is 6. The summed E-state index contributed by atoms with van der Waals surface area (Å²) in [5.41, 5.74) is 3.10. The highest BCUT2D eigenvalue weighted by Crippen LogP contribution is 2.42. The van der Waals surface area contributed by atoms with Crippen LogP contribution < -0.4 is 4.72 Å². The van der Waals surface area contributed by atoms with Crippen molar-refractivity contribution in [1.82, 2.24) is 4.90 Å². The quantitative estimate of drug-likeness (QED) is 0.409. The van der Waals surface area contributed by atoms with E-state index in [2.05, 4.69) is 16.5 Å². The first kappa shape index (κ1) is 26.8. The number of piperidine rings is 1. The number of aliphatic hydroxyl groups excluding tert-OH is 1. The van der Waals surface area contributed by atoms with Gasteiger partial charge in [0.05, 0.1) is 23.7 Å². The minimum Gasteiger partial charge on any atom is -0.392 e. The van der Waals surface area contributed by atoms with Gasteiger partial charge >= 0.3 is 0 Å². The maximum atomic E-state index is 12.9. The summed E-state index contributed by atoms with van der Waals surface area (Å²) < 4.78 is 41.6. The fraction of sp³-hybridized carbons (Fsp3) is 0.400. The van der Waals surface area contributed by atoms with Crippen molar-refractivity contribution in [3.8, 4) is 0 Å². The first-order chi connectivity index (χ1) is 18.4. The molecule has 38 heavy (non-hydrogen) atoms. The molecule has 202 valence electrons. The second-order valence-corrected chi connectivity index (χ2v) is 11.9. The van der Waals surface area contributed by atoms with E-state index >= 15 is 0 Å². The average Bonchev–Trinajstić information content (AvgIpc) is 2.95. The summed E-state index contributed by atoms with van der Waals surface area (Å²) in [5.74, 6) is 0.105. The molecule has 2 aliphatic rings. The molecule has 0 aromatic heterocycles. The van der Waals surface area contributed by atoms with Gasteiger partial charge in [0, 0.05) is 23.7 Å². The molecule has 5 rings (SSSR count). The number of nitrogens with zero attached hydrogens (tertiary/aromatic N) is 1. The third-order valence-electron chi connectivity index (χ3n) is 7.47. The zero-order valence-electron chi connectivity index (χ0n) is 21.7. The molecule has 0 radical (unpaired) electrons. The van der Waals surface area contributed by atoms with Crippen molar-refractivity contribution in [2.75, 3.05) is 24.4 Å². The van der Waals surface area contributed by atoms with Crippen LogP contribution in [0.3, 0.4) is 0 Å². The number of benzene rings is 3. The van der Waals surface area contributed by atoms with Crippen LogP contribution in [0.2, 0.25) is 0 Å². The van der Waals surface area contributed by atoms with Crippen molar-refractivity contribution in [1.29, 1.82) is 0 Å². The monoisotopic (exact) mass is 536 g/mol. The molecule has 0 aliphatic carbocycles. The lowest BCUT2D eigenvalue weighted by Gasteiger charge is -2.43. The van der Waals surface area contributed by atoms with Gasteiger partial charge in [0.25, 0.3) is 10.0 Å². The number of rotatable bonds is 8. The number of hydrogen-bond donors (Lipinski definition) is 2. The normalized spacial score (nSPS) is 24.7. The standard InChI is InChI=1S/C30H36N2O5S/c1-22-28(20-32-17-6-3-7-18-32)36-30(37-29(22)24-15-13-23(21-33)14-16-24)25-9-8-10-26(19-25)31-38(34,35)27-11-4-2-5-12-27/h2,4-5,8-16,19,22,28-31,33H,3,6-7,17-18,20-21H2,1H3/t22-,28+,29+,30+/m1/s1. The van der Waals surface area contributed by atoms with Gasteiger partial charge in [-0.1, -0.05) is 67.9 Å². The second kappa shape index (κ2) is 12.0.